The fourth-order valence-corrected chi connectivity index (χ4v) is 6.41. The Bertz CT molecular complexity index is 1520. The van der Waals surface area contributed by atoms with Crippen molar-refractivity contribution >= 4 is 56.2 Å². The van der Waals surface area contributed by atoms with Gasteiger partial charge < -0.3 is 24.4 Å². The second kappa shape index (κ2) is 12.9. The second-order valence-corrected chi connectivity index (χ2v) is 11.9. The molecule has 4 rings (SSSR count). The first-order valence-corrected chi connectivity index (χ1v) is 14.8. The van der Waals surface area contributed by atoms with Gasteiger partial charge in [-0.05, 0) is 55.5 Å². The number of aryl methyl sites for hydroxylation is 1. The summed E-state index contributed by atoms with van der Waals surface area (Å²) >= 11 is 12.0. The summed E-state index contributed by atoms with van der Waals surface area (Å²) < 4.78 is 43.7. The van der Waals surface area contributed by atoms with E-state index in [2.05, 4.69) is 10.6 Å². The summed E-state index contributed by atoms with van der Waals surface area (Å²) in [4.78, 5) is 15.3. The van der Waals surface area contributed by atoms with E-state index in [4.69, 9.17) is 38.0 Å². The van der Waals surface area contributed by atoms with Crippen LogP contribution < -0.4 is 29.7 Å². The molecule has 1 heterocycles. The number of benzene rings is 3. The van der Waals surface area contributed by atoms with Gasteiger partial charge in [0.25, 0.3) is 5.91 Å². The largest absolute Gasteiger partial charge is 0.493 e. The molecule has 0 radical (unpaired) electrons. The van der Waals surface area contributed by atoms with E-state index in [1.807, 2.05) is 11.8 Å². The summed E-state index contributed by atoms with van der Waals surface area (Å²) in [5.74, 6) is 0.538. The number of hydrogen-bond acceptors (Lipinski definition) is 8. The van der Waals surface area contributed by atoms with Gasteiger partial charge in [0.05, 0.1) is 42.6 Å². The molecule has 2 N–H and O–H groups in total. The van der Waals surface area contributed by atoms with Crippen LogP contribution in [0.3, 0.4) is 0 Å². The molecule has 1 saturated heterocycles. The van der Waals surface area contributed by atoms with Gasteiger partial charge in [-0.2, -0.15) is 4.31 Å². The summed E-state index contributed by atoms with van der Waals surface area (Å²) in [6.45, 7) is 3.30. The molecule has 1 aliphatic rings. The van der Waals surface area contributed by atoms with E-state index >= 15 is 0 Å². The number of rotatable bonds is 8. The molecule has 3 aromatic carbocycles. The molecule has 0 aromatic heterocycles. The standard InChI is InChI=1S/C28H31ClN4O6S2/c1-18-8-10-20(11-9-18)41(35,36)33-14-12-32(13-15-33)25-21(29)6-5-7-22(25)30-28(40)31-27(34)19-16-23(37-2)26(39-4)24(17-19)38-3/h5-11,16-17H,12-15H2,1-4H3,(H2,30,31,34,40). The van der Waals surface area contributed by atoms with Crippen LogP contribution in [0.4, 0.5) is 11.4 Å². The number of para-hydroxylation sites is 1. The Morgan fingerprint density at radius 1 is 0.927 bits per heavy atom. The predicted molar refractivity (Wildman–Crippen MR) is 163 cm³/mol. The van der Waals surface area contributed by atoms with Crippen molar-refractivity contribution in [3.63, 3.8) is 0 Å². The zero-order valence-corrected chi connectivity index (χ0v) is 25.5. The Hall–Kier alpha value is -3.58. The smallest absolute Gasteiger partial charge is 0.257 e. The zero-order valence-electron chi connectivity index (χ0n) is 23.1. The van der Waals surface area contributed by atoms with Gasteiger partial charge in [0.1, 0.15) is 0 Å². The highest BCUT2D eigenvalue weighted by Crippen LogP contribution is 2.38. The molecule has 0 atom stereocenters. The maximum atomic E-state index is 13.1. The third-order valence-corrected chi connectivity index (χ3v) is 9.02. The fraction of sp³-hybridized carbons (Fsp3) is 0.286. The van der Waals surface area contributed by atoms with E-state index in [-0.39, 0.29) is 28.7 Å². The van der Waals surface area contributed by atoms with Crippen LogP contribution in [0.2, 0.25) is 5.02 Å². The number of halogens is 1. The number of methoxy groups -OCH3 is 3. The molecule has 41 heavy (non-hydrogen) atoms. The van der Waals surface area contributed by atoms with Gasteiger partial charge >= 0.3 is 0 Å². The minimum absolute atomic E-state index is 0.0489. The molecule has 0 bridgehead atoms. The summed E-state index contributed by atoms with van der Waals surface area (Å²) in [5.41, 5.74) is 2.47. The van der Waals surface area contributed by atoms with Crippen LogP contribution in [0.15, 0.2) is 59.5 Å². The lowest BCUT2D eigenvalue weighted by Crippen LogP contribution is -2.49. The third-order valence-electron chi connectivity index (χ3n) is 6.60. The monoisotopic (exact) mass is 618 g/mol. The molecule has 0 unspecified atom stereocenters. The SMILES string of the molecule is COc1cc(C(=O)NC(=S)Nc2cccc(Cl)c2N2CCN(S(=O)(=O)c3ccc(C)cc3)CC2)cc(OC)c1OC. The number of carbonyl (C=O) groups excluding carboxylic acids is 1. The Kier molecular flexibility index (Phi) is 9.59. The molecule has 1 fully saturated rings. The number of sulfonamides is 1. The van der Waals surface area contributed by atoms with Gasteiger partial charge in [0.2, 0.25) is 15.8 Å². The Morgan fingerprint density at radius 3 is 2.10 bits per heavy atom. The van der Waals surface area contributed by atoms with Gasteiger partial charge in [0, 0.05) is 31.7 Å². The van der Waals surface area contributed by atoms with Crippen molar-refractivity contribution in [1.82, 2.24) is 9.62 Å². The van der Waals surface area contributed by atoms with Crippen LogP contribution in [0.25, 0.3) is 0 Å². The average molecular weight is 619 g/mol. The number of piperazine rings is 1. The Morgan fingerprint density at radius 2 is 1.54 bits per heavy atom. The van der Waals surface area contributed by atoms with Crippen LogP contribution in [-0.4, -0.2) is 71.3 Å². The average Bonchev–Trinajstić information content (AvgIpc) is 2.96. The van der Waals surface area contributed by atoms with E-state index in [0.717, 1.165) is 5.56 Å². The van der Waals surface area contributed by atoms with Crippen molar-refractivity contribution < 1.29 is 27.4 Å². The van der Waals surface area contributed by atoms with Crippen molar-refractivity contribution in [2.75, 3.05) is 57.7 Å². The number of hydrogen-bond donors (Lipinski definition) is 2. The lowest BCUT2D eigenvalue weighted by molar-refractivity contribution is 0.0977. The highest BCUT2D eigenvalue weighted by Gasteiger charge is 2.30. The number of ether oxygens (including phenoxy) is 3. The molecule has 218 valence electrons. The van der Waals surface area contributed by atoms with Crippen LogP contribution >= 0.6 is 23.8 Å². The maximum absolute atomic E-state index is 13.1. The predicted octanol–water partition coefficient (Wildman–Crippen LogP) is 4.31. The van der Waals surface area contributed by atoms with Crippen LogP contribution in [0, 0.1) is 6.92 Å². The van der Waals surface area contributed by atoms with E-state index in [9.17, 15) is 13.2 Å². The van der Waals surface area contributed by atoms with Gasteiger partial charge in [-0.15, -0.1) is 0 Å². The molecule has 0 aliphatic carbocycles. The number of carbonyl (C=O) groups is 1. The molecule has 0 saturated carbocycles. The molecule has 13 heteroatoms. The molecular formula is C28H31ClN4O6S2. The first kappa shape index (κ1) is 30.4. The Balaban J connectivity index is 1.47. The Labute approximate surface area is 250 Å². The molecular weight excluding hydrogens is 588 g/mol. The highest BCUT2D eigenvalue weighted by atomic mass is 35.5. The molecule has 3 aromatic rings. The number of nitrogens with one attached hydrogen (secondary N) is 2. The van der Waals surface area contributed by atoms with Gasteiger partial charge in [0.15, 0.2) is 16.6 Å². The third kappa shape index (κ3) is 6.67. The fourth-order valence-electron chi connectivity index (χ4n) is 4.49. The first-order chi connectivity index (χ1) is 19.6. The van der Waals surface area contributed by atoms with E-state index < -0.39 is 15.9 Å². The first-order valence-electron chi connectivity index (χ1n) is 12.6. The van der Waals surface area contributed by atoms with E-state index in [1.54, 1.807) is 42.5 Å². The van der Waals surface area contributed by atoms with Crippen LogP contribution in [-0.2, 0) is 10.0 Å². The highest BCUT2D eigenvalue weighted by molar-refractivity contribution is 7.89. The number of nitrogens with zero attached hydrogens (tertiary/aromatic N) is 2. The summed E-state index contributed by atoms with van der Waals surface area (Å²) in [5, 5.41) is 6.23. The quantitative estimate of drug-likeness (QED) is 0.357. The van der Waals surface area contributed by atoms with Crippen LogP contribution in [0.1, 0.15) is 15.9 Å². The zero-order chi connectivity index (χ0) is 29.7. The van der Waals surface area contributed by atoms with Crippen molar-refractivity contribution in [1.29, 1.82) is 0 Å². The summed E-state index contributed by atoms with van der Waals surface area (Å²) in [7, 11) is 0.786. The molecule has 10 nitrogen and oxygen atoms in total. The van der Waals surface area contributed by atoms with Crippen molar-refractivity contribution in [2.24, 2.45) is 0 Å². The maximum Gasteiger partial charge on any atom is 0.257 e. The number of anilines is 2. The van der Waals surface area contributed by atoms with Crippen LogP contribution in [0.5, 0.6) is 17.2 Å². The number of thiocarbonyl (C=S) groups is 1. The summed E-state index contributed by atoms with van der Waals surface area (Å²) in [6.07, 6.45) is 0. The van der Waals surface area contributed by atoms with Gasteiger partial charge in [-0.1, -0.05) is 35.4 Å². The van der Waals surface area contributed by atoms with Gasteiger partial charge in [-0.25, -0.2) is 8.42 Å². The van der Waals surface area contributed by atoms with Crippen molar-refractivity contribution in [3.8, 4) is 17.2 Å². The topological polar surface area (TPSA) is 109 Å². The van der Waals surface area contributed by atoms with E-state index in [0.29, 0.717) is 46.7 Å². The van der Waals surface area contributed by atoms with Gasteiger partial charge in [-0.3, -0.25) is 10.1 Å². The summed E-state index contributed by atoms with van der Waals surface area (Å²) in [6, 6.07) is 15.2. The molecule has 1 aliphatic heterocycles. The van der Waals surface area contributed by atoms with Crippen molar-refractivity contribution in [3.05, 3.63) is 70.7 Å². The van der Waals surface area contributed by atoms with E-state index in [1.165, 1.54) is 37.8 Å². The lowest BCUT2D eigenvalue weighted by atomic mass is 10.1. The second-order valence-electron chi connectivity index (χ2n) is 9.16. The minimum atomic E-state index is -3.61. The molecule has 1 amide bonds. The number of amides is 1. The lowest BCUT2D eigenvalue weighted by Gasteiger charge is -2.36. The minimum Gasteiger partial charge on any atom is -0.493 e. The molecule has 0 spiro atoms. The normalized spacial score (nSPS) is 13.8. The van der Waals surface area contributed by atoms with Crippen molar-refractivity contribution in [2.45, 2.75) is 11.8 Å².